The van der Waals surface area contributed by atoms with Crippen LogP contribution in [0.3, 0.4) is 0 Å². The summed E-state index contributed by atoms with van der Waals surface area (Å²) in [4.78, 5) is 37.8. The first kappa shape index (κ1) is 54.6. The number of hydrogen-bond donors (Lipinski definition) is 0. The zero-order valence-corrected chi connectivity index (χ0v) is 37.9. The lowest BCUT2D eigenvalue weighted by atomic mass is 10.1. The lowest BCUT2D eigenvalue weighted by Gasteiger charge is -2.18. The van der Waals surface area contributed by atoms with Crippen molar-refractivity contribution in [1.82, 2.24) is 0 Å². The second-order valence-corrected chi connectivity index (χ2v) is 16.4. The molecule has 0 spiro atoms. The third-order valence-corrected chi connectivity index (χ3v) is 10.6. The van der Waals surface area contributed by atoms with Gasteiger partial charge < -0.3 is 14.2 Å². The summed E-state index contributed by atoms with van der Waals surface area (Å²) in [5, 5.41) is 0. The third-order valence-electron chi connectivity index (χ3n) is 10.6. The SMILES string of the molecule is CCCC/C=C\CCCCCCCC(=O)OC[C@H](COC(=O)CCCCCCCCC/C=C\CCCCCCCC)OC(=O)CCCCCCC/C=C\CCCC. The minimum atomic E-state index is -0.777. The van der Waals surface area contributed by atoms with E-state index in [1.54, 1.807) is 0 Å². The lowest BCUT2D eigenvalue weighted by molar-refractivity contribution is -0.167. The van der Waals surface area contributed by atoms with Gasteiger partial charge in [0.1, 0.15) is 13.2 Å². The second-order valence-electron chi connectivity index (χ2n) is 16.4. The van der Waals surface area contributed by atoms with Crippen LogP contribution in [-0.2, 0) is 28.6 Å². The van der Waals surface area contributed by atoms with Crippen LogP contribution in [0.25, 0.3) is 0 Å². The van der Waals surface area contributed by atoms with Crippen LogP contribution in [0.2, 0.25) is 0 Å². The molecule has 0 aromatic carbocycles. The number of carbonyl (C=O) groups excluding carboxylic acids is 3. The van der Waals surface area contributed by atoms with Gasteiger partial charge in [0, 0.05) is 19.3 Å². The highest BCUT2D eigenvalue weighted by atomic mass is 16.6. The lowest BCUT2D eigenvalue weighted by Crippen LogP contribution is -2.30. The van der Waals surface area contributed by atoms with E-state index >= 15 is 0 Å². The maximum Gasteiger partial charge on any atom is 0.306 e. The third kappa shape index (κ3) is 44.6. The summed E-state index contributed by atoms with van der Waals surface area (Å²) in [6.45, 7) is 6.54. The van der Waals surface area contributed by atoms with Crippen LogP contribution in [0.1, 0.15) is 252 Å². The summed E-state index contributed by atoms with van der Waals surface area (Å²) in [6, 6.07) is 0. The molecule has 0 saturated carbocycles. The highest BCUT2D eigenvalue weighted by Crippen LogP contribution is 2.14. The van der Waals surface area contributed by atoms with Gasteiger partial charge >= 0.3 is 17.9 Å². The first-order valence-corrected chi connectivity index (χ1v) is 24.5. The van der Waals surface area contributed by atoms with Crippen LogP contribution in [0.4, 0.5) is 0 Å². The Hall–Kier alpha value is -2.37. The van der Waals surface area contributed by atoms with Crippen molar-refractivity contribution >= 4 is 17.9 Å². The van der Waals surface area contributed by atoms with Crippen molar-refractivity contribution in [2.75, 3.05) is 13.2 Å². The van der Waals surface area contributed by atoms with Crippen molar-refractivity contribution in [3.05, 3.63) is 36.5 Å². The molecule has 0 rings (SSSR count). The molecule has 0 amide bonds. The van der Waals surface area contributed by atoms with Gasteiger partial charge in [0.05, 0.1) is 0 Å². The summed E-state index contributed by atoms with van der Waals surface area (Å²) in [5.74, 6) is -0.900. The Morgan fingerprint density at radius 2 is 0.596 bits per heavy atom. The number of ether oxygens (including phenoxy) is 3. The van der Waals surface area contributed by atoms with Gasteiger partial charge in [0.15, 0.2) is 6.10 Å². The predicted octanol–water partition coefficient (Wildman–Crippen LogP) is 15.8. The molecule has 0 aromatic rings. The zero-order chi connectivity index (χ0) is 41.5. The van der Waals surface area contributed by atoms with E-state index in [1.165, 1.54) is 135 Å². The molecule has 0 fully saturated rings. The Morgan fingerprint density at radius 1 is 0.333 bits per heavy atom. The average molecular weight is 801 g/mol. The monoisotopic (exact) mass is 801 g/mol. The van der Waals surface area contributed by atoms with Crippen LogP contribution >= 0.6 is 0 Å². The summed E-state index contributed by atoms with van der Waals surface area (Å²) < 4.78 is 16.7. The molecular formula is C51H92O6. The van der Waals surface area contributed by atoms with Crippen LogP contribution in [0, 0.1) is 0 Å². The molecule has 0 radical (unpaired) electrons. The fourth-order valence-corrected chi connectivity index (χ4v) is 6.81. The fraction of sp³-hybridized carbons (Fsp3) is 0.824. The molecule has 0 saturated heterocycles. The van der Waals surface area contributed by atoms with Crippen molar-refractivity contribution in [2.45, 2.75) is 258 Å². The smallest absolute Gasteiger partial charge is 0.306 e. The number of hydrogen-bond acceptors (Lipinski definition) is 6. The Labute approximate surface area is 353 Å². The minimum absolute atomic E-state index is 0.0794. The average Bonchev–Trinajstić information content (AvgIpc) is 3.21. The van der Waals surface area contributed by atoms with Gasteiger partial charge in [-0.25, -0.2) is 0 Å². The van der Waals surface area contributed by atoms with Gasteiger partial charge in [-0.3, -0.25) is 14.4 Å². The molecule has 6 nitrogen and oxygen atoms in total. The molecule has 332 valence electrons. The number of unbranched alkanes of at least 4 members (excludes halogenated alkanes) is 27. The van der Waals surface area contributed by atoms with Gasteiger partial charge in [-0.15, -0.1) is 0 Å². The van der Waals surface area contributed by atoms with E-state index in [9.17, 15) is 14.4 Å². The highest BCUT2D eigenvalue weighted by Gasteiger charge is 2.19. The van der Waals surface area contributed by atoms with E-state index in [2.05, 4.69) is 57.2 Å². The van der Waals surface area contributed by atoms with E-state index in [0.717, 1.165) is 77.0 Å². The van der Waals surface area contributed by atoms with Crippen molar-refractivity contribution < 1.29 is 28.6 Å². The number of esters is 3. The Balaban J connectivity index is 4.33. The molecular weight excluding hydrogens is 709 g/mol. The molecule has 0 N–H and O–H groups in total. The highest BCUT2D eigenvalue weighted by molar-refractivity contribution is 5.71. The predicted molar refractivity (Wildman–Crippen MR) is 242 cm³/mol. The summed E-state index contributed by atoms with van der Waals surface area (Å²) >= 11 is 0. The van der Waals surface area contributed by atoms with Crippen LogP contribution in [0.5, 0.6) is 0 Å². The van der Waals surface area contributed by atoms with Crippen LogP contribution in [0.15, 0.2) is 36.5 Å². The van der Waals surface area contributed by atoms with Gasteiger partial charge in [0.2, 0.25) is 0 Å². The van der Waals surface area contributed by atoms with E-state index in [4.69, 9.17) is 14.2 Å². The van der Waals surface area contributed by atoms with E-state index in [0.29, 0.717) is 19.3 Å². The molecule has 0 aliphatic carbocycles. The van der Waals surface area contributed by atoms with Gasteiger partial charge in [-0.05, 0) is 83.5 Å². The van der Waals surface area contributed by atoms with Crippen molar-refractivity contribution in [1.29, 1.82) is 0 Å². The van der Waals surface area contributed by atoms with Gasteiger partial charge in [-0.2, -0.15) is 0 Å². The summed E-state index contributed by atoms with van der Waals surface area (Å²) in [5.41, 5.74) is 0. The van der Waals surface area contributed by atoms with Crippen LogP contribution in [-0.4, -0.2) is 37.2 Å². The number of rotatable bonds is 44. The van der Waals surface area contributed by atoms with Crippen LogP contribution < -0.4 is 0 Å². The molecule has 0 bridgehead atoms. The van der Waals surface area contributed by atoms with Gasteiger partial charge in [0.25, 0.3) is 0 Å². The molecule has 0 heterocycles. The fourth-order valence-electron chi connectivity index (χ4n) is 6.81. The first-order chi connectivity index (χ1) is 28.0. The maximum atomic E-state index is 12.7. The van der Waals surface area contributed by atoms with Crippen molar-refractivity contribution in [3.63, 3.8) is 0 Å². The normalized spacial score (nSPS) is 12.3. The Bertz CT molecular complexity index is 969. The number of carbonyl (C=O) groups is 3. The Morgan fingerprint density at radius 3 is 0.930 bits per heavy atom. The quantitative estimate of drug-likeness (QED) is 0.0264. The topological polar surface area (TPSA) is 78.9 Å². The van der Waals surface area contributed by atoms with E-state index < -0.39 is 6.10 Å². The minimum Gasteiger partial charge on any atom is -0.462 e. The Kier molecular flexibility index (Phi) is 44.4. The molecule has 1 atom stereocenters. The first-order valence-electron chi connectivity index (χ1n) is 24.5. The molecule has 0 aliphatic heterocycles. The number of allylic oxidation sites excluding steroid dienone is 6. The second kappa shape index (κ2) is 46.3. The maximum absolute atomic E-state index is 12.7. The molecule has 57 heavy (non-hydrogen) atoms. The molecule has 6 heteroatoms. The zero-order valence-electron chi connectivity index (χ0n) is 37.9. The largest absolute Gasteiger partial charge is 0.462 e. The summed E-state index contributed by atoms with van der Waals surface area (Å²) in [6.07, 6.45) is 52.7. The van der Waals surface area contributed by atoms with Crippen molar-refractivity contribution in [2.24, 2.45) is 0 Å². The molecule has 0 aliphatic rings. The standard InChI is InChI=1S/C51H92O6/c1-4-7-10-13-16-19-22-23-24-25-26-27-30-32-35-38-41-44-50(53)56-47-48(57-51(54)45-42-39-36-33-29-21-18-15-12-9-6-3)46-55-49(52)43-40-37-34-31-28-20-17-14-11-8-5-2/h14-15,17-18,23-24,48H,4-13,16,19-22,25-47H2,1-3H3/b17-14-,18-15-,24-23-/t48-/m1/s1. The summed E-state index contributed by atoms with van der Waals surface area (Å²) in [7, 11) is 0. The van der Waals surface area contributed by atoms with E-state index in [1.807, 2.05) is 0 Å². The molecule has 0 unspecified atom stereocenters. The molecule has 0 aromatic heterocycles. The van der Waals surface area contributed by atoms with E-state index in [-0.39, 0.29) is 31.1 Å². The van der Waals surface area contributed by atoms with Gasteiger partial charge in [-0.1, -0.05) is 186 Å². The van der Waals surface area contributed by atoms with Crippen molar-refractivity contribution in [3.8, 4) is 0 Å².